The van der Waals surface area contributed by atoms with Crippen LogP contribution in [-0.2, 0) is 20.4 Å². The number of rotatable bonds is 7. The van der Waals surface area contributed by atoms with Crippen molar-refractivity contribution in [3.05, 3.63) is 59.7 Å². The van der Waals surface area contributed by atoms with Crippen molar-refractivity contribution in [1.29, 1.82) is 0 Å². The Morgan fingerprint density at radius 1 is 0.840 bits per heavy atom. The van der Waals surface area contributed by atoms with Crippen LogP contribution in [-0.4, -0.2) is 17.3 Å². The molecular formula is C22H29O2S+. The summed E-state index contributed by atoms with van der Waals surface area (Å²) in [6.45, 7) is 10.7. The van der Waals surface area contributed by atoms with E-state index < -0.39 is 4.75 Å². The van der Waals surface area contributed by atoms with Gasteiger partial charge < -0.3 is 4.74 Å². The molecule has 0 unspecified atom stereocenters. The molecule has 25 heavy (non-hydrogen) atoms. The first kappa shape index (κ1) is 19.6. The van der Waals surface area contributed by atoms with E-state index in [1.165, 1.54) is 20.9 Å². The van der Waals surface area contributed by atoms with Crippen LogP contribution in [0.15, 0.2) is 58.3 Å². The van der Waals surface area contributed by atoms with Crippen LogP contribution in [0.5, 0.6) is 0 Å². The molecule has 0 aliphatic rings. The van der Waals surface area contributed by atoms with Crippen LogP contribution in [0.1, 0.15) is 44.7 Å². The van der Waals surface area contributed by atoms with Crippen molar-refractivity contribution in [2.24, 2.45) is 0 Å². The maximum Gasteiger partial charge on any atom is 0.363 e. The Labute approximate surface area is 155 Å². The van der Waals surface area contributed by atoms with E-state index in [9.17, 15) is 4.79 Å². The molecule has 0 N–H and O–H groups in total. The Morgan fingerprint density at radius 2 is 1.24 bits per heavy atom. The molecule has 2 aromatic carbocycles. The largest absolute Gasteiger partial charge is 0.462 e. The van der Waals surface area contributed by atoms with Crippen molar-refractivity contribution in [3.8, 4) is 0 Å². The topological polar surface area (TPSA) is 26.3 Å². The highest BCUT2D eigenvalue weighted by atomic mass is 32.2. The number of hydrogen-bond acceptors (Lipinski definition) is 2. The molecule has 0 aliphatic carbocycles. The summed E-state index contributed by atoms with van der Waals surface area (Å²) in [7, 11) is -0.370. The minimum atomic E-state index is -0.527. The number of aryl methyl sites for hydroxylation is 2. The van der Waals surface area contributed by atoms with Gasteiger partial charge in [0.05, 0.1) is 17.5 Å². The average Bonchev–Trinajstić information content (AvgIpc) is 2.62. The molecule has 3 heteroatoms. The van der Waals surface area contributed by atoms with Gasteiger partial charge in [-0.05, 0) is 45.0 Å². The fourth-order valence-corrected chi connectivity index (χ4v) is 5.90. The molecule has 0 spiro atoms. The second-order valence-corrected chi connectivity index (χ2v) is 8.69. The second-order valence-electron chi connectivity index (χ2n) is 6.35. The fourth-order valence-electron chi connectivity index (χ4n) is 3.11. The maximum atomic E-state index is 13.0. The lowest BCUT2D eigenvalue weighted by Crippen LogP contribution is -2.46. The molecule has 0 radical (unpaired) electrons. The molecule has 0 bridgehead atoms. The van der Waals surface area contributed by atoms with Gasteiger partial charge >= 0.3 is 5.97 Å². The minimum Gasteiger partial charge on any atom is -0.462 e. The van der Waals surface area contributed by atoms with E-state index in [4.69, 9.17) is 4.74 Å². The Bertz CT molecular complexity index is 639. The lowest BCUT2D eigenvalue weighted by Gasteiger charge is -2.29. The van der Waals surface area contributed by atoms with Crippen LogP contribution in [0.25, 0.3) is 0 Å². The normalized spacial score (nSPS) is 11.6. The first-order valence-electron chi connectivity index (χ1n) is 9.03. The predicted molar refractivity (Wildman–Crippen MR) is 106 cm³/mol. The zero-order chi connectivity index (χ0) is 18.4. The summed E-state index contributed by atoms with van der Waals surface area (Å²) >= 11 is 0. The standard InChI is InChI=1S/C22H29O2S/c1-6-22(7-2,21(23)24-8-3)25(19-13-9-17(4)10-14-19)20-15-11-18(5)12-16-20/h9-16H,6-8H2,1-5H3/q+1. The maximum absolute atomic E-state index is 13.0. The van der Waals surface area contributed by atoms with E-state index in [2.05, 4.69) is 76.2 Å². The van der Waals surface area contributed by atoms with Gasteiger partial charge in [-0.3, -0.25) is 0 Å². The van der Waals surface area contributed by atoms with Crippen molar-refractivity contribution in [1.82, 2.24) is 0 Å². The first-order valence-corrected chi connectivity index (χ1v) is 10.3. The summed E-state index contributed by atoms with van der Waals surface area (Å²) in [5, 5.41) is 0. The fraction of sp³-hybridized carbons (Fsp3) is 0.409. The van der Waals surface area contributed by atoms with Gasteiger partial charge in [0.25, 0.3) is 0 Å². The number of benzene rings is 2. The second kappa shape index (κ2) is 8.57. The highest BCUT2D eigenvalue weighted by Crippen LogP contribution is 2.40. The van der Waals surface area contributed by atoms with Gasteiger partial charge in [-0.1, -0.05) is 49.2 Å². The lowest BCUT2D eigenvalue weighted by molar-refractivity contribution is -0.146. The van der Waals surface area contributed by atoms with Crippen LogP contribution < -0.4 is 0 Å². The van der Waals surface area contributed by atoms with Crippen molar-refractivity contribution >= 4 is 16.9 Å². The molecule has 2 nitrogen and oxygen atoms in total. The number of carbonyl (C=O) groups excluding carboxylic acids is 1. The molecule has 0 fully saturated rings. The molecule has 0 aromatic heterocycles. The van der Waals surface area contributed by atoms with E-state index in [0.717, 1.165) is 12.8 Å². The zero-order valence-corrected chi connectivity index (χ0v) is 16.8. The Morgan fingerprint density at radius 3 is 1.56 bits per heavy atom. The highest BCUT2D eigenvalue weighted by molar-refractivity contribution is 7.99. The van der Waals surface area contributed by atoms with Gasteiger partial charge in [-0.2, -0.15) is 0 Å². The molecule has 0 saturated carbocycles. The molecule has 134 valence electrons. The first-order chi connectivity index (χ1) is 12.0. The summed E-state index contributed by atoms with van der Waals surface area (Å²) in [5.74, 6) is -0.0792. The molecule has 0 saturated heterocycles. The Hall–Kier alpha value is -1.74. The highest BCUT2D eigenvalue weighted by Gasteiger charge is 2.55. The third kappa shape index (κ3) is 4.09. The monoisotopic (exact) mass is 357 g/mol. The van der Waals surface area contributed by atoms with Crippen molar-refractivity contribution in [2.75, 3.05) is 6.61 Å². The van der Waals surface area contributed by atoms with Gasteiger partial charge in [0.1, 0.15) is 0 Å². The van der Waals surface area contributed by atoms with Gasteiger partial charge in [-0.15, -0.1) is 0 Å². The molecule has 0 heterocycles. The summed E-state index contributed by atoms with van der Waals surface area (Å²) < 4.78 is 5.00. The number of hydrogen-bond donors (Lipinski definition) is 0. The van der Waals surface area contributed by atoms with Crippen molar-refractivity contribution in [2.45, 2.75) is 62.0 Å². The number of esters is 1. The van der Waals surface area contributed by atoms with Crippen LogP contribution >= 0.6 is 0 Å². The average molecular weight is 358 g/mol. The summed E-state index contributed by atoms with van der Waals surface area (Å²) in [6.07, 6.45) is 1.51. The van der Waals surface area contributed by atoms with E-state index >= 15 is 0 Å². The summed E-state index contributed by atoms with van der Waals surface area (Å²) in [6, 6.07) is 17.2. The quantitative estimate of drug-likeness (QED) is 0.486. The van der Waals surface area contributed by atoms with E-state index in [-0.39, 0.29) is 16.9 Å². The van der Waals surface area contributed by atoms with Crippen molar-refractivity contribution < 1.29 is 9.53 Å². The zero-order valence-electron chi connectivity index (χ0n) is 16.0. The number of ether oxygens (including phenoxy) is 1. The lowest BCUT2D eigenvalue weighted by atomic mass is 10.0. The van der Waals surface area contributed by atoms with Crippen molar-refractivity contribution in [3.63, 3.8) is 0 Å². The van der Waals surface area contributed by atoms with Crippen LogP contribution in [0, 0.1) is 13.8 Å². The van der Waals surface area contributed by atoms with Gasteiger partial charge in [0, 0.05) is 12.8 Å². The molecular weight excluding hydrogens is 328 g/mol. The minimum absolute atomic E-state index is 0.0792. The summed E-state index contributed by atoms with van der Waals surface area (Å²) in [5.41, 5.74) is 2.46. The predicted octanol–water partition coefficient (Wildman–Crippen LogP) is 5.46. The van der Waals surface area contributed by atoms with E-state index in [1.807, 2.05) is 6.92 Å². The molecule has 2 rings (SSSR count). The van der Waals surface area contributed by atoms with Crippen LogP contribution in [0.4, 0.5) is 0 Å². The summed E-state index contributed by atoms with van der Waals surface area (Å²) in [4.78, 5) is 15.4. The molecule has 0 atom stereocenters. The van der Waals surface area contributed by atoms with Gasteiger partial charge in [-0.25, -0.2) is 4.79 Å². The smallest absolute Gasteiger partial charge is 0.363 e. The van der Waals surface area contributed by atoms with Gasteiger partial charge in [0.2, 0.25) is 4.75 Å². The van der Waals surface area contributed by atoms with Crippen LogP contribution in [0.3, 0.4) is 0 Å². The van der Waals surface area contributed by atoms with E-state index in [0.29, 0.717) is 6.61 Å². The third-order valence-electron chi connectivity index (χ3n) is 4.69. The molecule has 0 aliphatic heterocycles. The number of carbonyl (C=O) groups is 1. The third-order valence-corrected chi connectivity index (χ3v) is 7.71. The molecule has 0 amide bonds. The van der Waals surface area contributed by atoms with Crippen LogP contribution in [0.2, 0.25) is 0 Å². The Kier molecular flexibility index (Phi) is 6.71. The Balaban J connectivity index is 2.64. The molecule has 2 aromatic rings. The SMILES string of the molecule is CCOC(=O)C(CC)(CC)[S+](c1ccc(C)cc1)c1ccc(C)cc1. The van der Waals surface area contributed by atoms with E-state index in [1.54, 1.807) is 0 Å². The van der Waals surface area contributed by atoms with Gasteiger partial charge in [0.15, 0.2) is 9.79 Å².